The summed E-state index contributed by atoms with van der Waals surface area (Å²) in [5.41, 5.74) is 0. The monoisotopic (exact) mass is 307 g/mol. The van der Waals surface area contributed by atoms with E-state index in [0.29, 0.717) is 0 Å². The molecule has 0 amide bonds. The van der Waals surface area contributed by atoms with Gasteiger partial charge in [0.05, 0.1) is 20.3 Å². The van der Waals surface area contributed by atoms with Crippen LogP contribution in [0.2, 0.25) is 0 Å². The van der Waals surface area contributed by atoms with Crippen molar-refractivity contribution in [2.24, 2.45) is 7.05 Å². The fraction of sp³-hybridized carbons (Fsp3) is 0.722. The molecule has 1 aromatic rings. The Kier molecular flexibility index (Phi) is 9.44. The minimum atomic E-state index is 1.06. The maximum Gasteiger partial charge on any atom is 0.243 e. The minimum Gasteiger partial charge on any atom is -0.362 e. The Morgan fingerprint density at radius 1 is 1.00 bits per heavy atom. The Bertz CT molecular complexity index is 411. The van der Waals surface area contributed by atoms with E-state index in [-0.39, 0.29) is 0 Å². The molecule has 0 saturated carbocycles. The lowest BCUT2D eigenvalue weighted by Gasteiger charge is -2.17. The maximum atomic E-state index is 2.39. The quantitative estimate of drug-likeness (QED) is 0.540. The lowest BCUT2D eigenvalue weighted by atomic mass is 10.1. The predicted molar refractivity (Wildman–Crippen MR) is 93.1 cm³/mol. The van der Waals surface area contributed by atoms with Crippen molar-refractivity contribution in [3.63, 3.8) is 0 Å². The Labute approximate surface area is 137 Å². The normalized spacial score (nSPS) is 13.5. The van der Waals surface area contributed by atoms with Crippen molar-refractivity contribution in [2.45, 2.75) is 58.9 Å². The molecule has 1 aliphatic rings. The van der Waals surface area contributed by atoms with Crippen molar-refractivity contribution in [3.05, 3.63) is 31.1 Å². The van der Waals surface area contributed by atoms with Gasteiger partial charge in [-0.05, 0) is 13.3 Å². The van der Waals surface area contributed by atoms with Gasteiger partial charge in [0.2, 0.25) is 6.33 Å². The van der Waals surface area contributed by atoms with E-state index >= 15 is 0 Å². The number of unbranched alkanes of at least 4 members (excludes halogenated alkanes) is 5. The second-order valence-electron chi connectivity index (χ2n) is 6.19. The highest BCUT2D eigenvalue weighted by molar-refractivity contribution is 4.88. The fourth-order valence-corrected chi connectivity index (χ4v) is 2.52. The average molecular weight is 308 g/mol. The summed E-state index contributed by atoms with van der Waals surface area (Å²) in [5, 5.41) is 0. The zero-order valence-electron chi connectivity index (χ0n) is 15.0. The summed E-state index contributed by atoms with van der Waals surface area (Å²) >= 11 is 0. The lowest BCUT2D eigenvalue weighted by molar-refractivity contribution is -0.671. The van der Waals surface area contributed by atoms with Crippen molar-refractivity contribution in [1.29, 1.82) is 0 Å². The Hall–Kier alpha value is -1.45. The van der Waals surface area contributed by atoms with E-state index in [1.165, 1.54) is 45.1 Å². The van der Waals surface area contributed by atoms with Gasteiger partial charge < -0.3 is 9.80 Å². The van der Waals surface area contributed by atoms with E-state index < -0.39 is 0 Å². The average Bonchev–Trinajstić information content (AvgIpc) is 3.12. The molecule has 0 fully saturated rings. The molecule has 0 atom stereocenters. The van der Waals surface area contributed by atoms with Gasteiger partial charge in [0.1, 0.15) is 12.4 Å². The number of rotatable bonds is 8. The topological polar surface area (TPSA) is 15.3 Å². The van der Waals surface area contributed by atoms with E-state index in [0.717, 1.165) is 13.2 Å². The van der Waals surface area contributed by atoms with E-state index in [1.54, 1.807) is 0 Å². The van der Waals surface area contributed by atoms with Crippen LogP contribution in [-0.2, 0) is 13.6 Å². The summed E-state index contributed by atoms with van der Waals surface area (Å²) in [6.45, 7) is 7.76. The maximum absolute atomic E-state index is 2.39. The zero-order valence-corrected chi connectivity index (χ0v) is 15.0. The SMILES string of the molecule is CCCCCCCCN1C=CN(C)C1.CCn1cc[n+](C)c1. The first-order valence-electron chi connectivity index (χ1n) is 8.79. The van der Waals surface area contributed by atoms with Crippen LogP contribution in [0.5, 0.6) is 0 Å². The standard InChI is InChI=1S/C12H24N2.C6H11N2/c1-3-4-5-6-7-8-9-14-11-10-13(2)12-14;1-3-8-5-4-7(2)6-8/h10-11H,3-9,12H2,1-2H3;4-6H,3H2,1-2H3/q;+1. The molecule has 0 unspecified atom stereocenters. The molecule has 0 aliphatic carbocycles. The van der Waals surface area contributed by atoms with Gasteiger partial charge in [0.25, 0.3) is 0 Å². The minimum absolute atomic E-state index is 1.06. The molecule has 2 heterocycles. The molecule has 4 nitrogen and oxygen atoms in total. The molecule has 4 heteroatoms. The number of imidazole rings is 1. The van der Waals surface area contributed by atoms with Gasteiger partial charge >= 0.3 is 0 Å². The first-order chi connectivity index (χ1) is 10.7. The van der Waals surface area contributed by atoms with Gasteiger partial charge in [0.15, 0.2) is 0 Å². The number of hydrogen-bond acceptors (Lipinski definition) is 2. The Balaban J connectivity index is 0.000000255. The largest absolute Gasteiger partial charge is 0.362 e. The summed E-state index contributed by atoms with van der Waals surface area (Å²) in [5.74, 6) is 0. The second kappa shape index (κ2) is 11.2. The van der Waals surface area contributed by atoms with E-state index in [4.69, 9.17) is 0 Å². The van der Waals surface area contributed by atoms with Crippen LogP contribution >= 0.6 is 0 Å². The van der Waals surface area contributed by atoms with Crippen molar-refractivity contribution in [2.75, 3.05) is 20.3 Å². The summed E-state index contributed by atoms with van der Waals surface area (Å²) in [7, 11) is 4.14. The first-order valence-corrected chi connectivity index (χ1v) is 8.79. The van der Waals surface area contributed by atoms with Gasteiger partial charge in [-0.15, -0.1) is 0 Å². The fourth-order valence-electron chi connectivity index (χ4n) is 2.52. The summed E-state index contributed by atoms with van der Waals surface area (Å²) in [6, 6.07) is 0. The summed E-state index contributed by atoms with van der Waals surface area (Å²) < 4.78 is 4.16. The molecule has 0 spiro atoms. The van der Waals surface area contributed by atoms with Crippen molar-refractivity contribution >= 4 is 0 Å². The first kappa shape index (κ1) is 18.6. The van der Waals surface area contributed by atoms with Gasteiger partial charge in [0, 0.05) is 26.0 Å². The van der Waals surface area contributed by atoms with Crippen molar-refractivity contribution in [3.8, 4) is 0 Å². The molecule has 126 valence electrons. The van der Waals surface area contributed by atoms with Crippen LogP contribution in [0, 0.1) is 0 Å². The predicted octanol–water partition coefficient (Wildman–Crippen LogP) is 3.36. The molecule has 0 aromatic carbocycles. The summed E-state index contributed by atoms with van der Waals surface area (Å²) in [4.78, 5) is 4.61. The Morgan fingerprint density at radius 3 is 2.23 bits per heavy atom. The van der Waals surface area contributed by atoms with Crippen LogP contribution in [0.1, 0.15) is 52.4 Å². The lowest BCUT2D eigenvalue weighted by Crippen LogP contribution is -2.23. The van der Waals surface area contributed by atoms with Crippen LogP contribution in [-0.4, -0.2) is 34.6 Å². The number of hydrogen-bond donors (Lipinski definition) is 0. The number of aromatic nitrogens is 2. The van der Waals surface area contributed by atoms with E-state index in [9.17, 15) is 0 Å². The summed E-state index contributed by atoms with van der Waals surface area (Å²) in [6.07, 6.45) is 18.8. The zero-order chi connectivity index (χ0) is 16.2. The molecule has 1 aromatic heterocycles. The molecular formula is C18H35N4+. The molecular weight excluding hydrogens is 272 g/mol. The highest BCUT2D eigenvalue weighted by atomic mass is 15.3. The van der Waals surface area contributed by atoms with Gasteiger partial charge in [-0.2, -0.15) is 0 Å². The Morgan fingerprint density at radius 2 is 1.73 bits per heavy atom. The number of aryl methyl sites for hydroxylation is 2. The van der Waals surface area contributed by atoms with Gasteiger partial charge in [-0.3, -0.25) is 0 Å². The molecule has 1 aliphatic heterocycles. The van der Waals surface area contributed by atoms with Gasteiger partial charge in [-0.25, -0.2) is 9.13 Å². The third-order valence-electron chi connectivity index (χ3n) is 3.92. The van der Waals surface area contributed by atoms with E-state index in [2.05, 4.69) is 60.2 Å². The number of nitrogens with zero attached hydrogens (tertiary/aromatic N) is 4. The highest BCUT2D eigenvalue weighted by Crippen LogP contribution is 2.08. The molecule has 0 N–H and O–H groups in total. The molecule has 0 saturated heterocycles. The highest BCUT2D eigenvalue weighted by Gasteiger charge is 2.06. The van der Waals surface area contributed by atoms with Crippen LogP contribution in [0.25, 0.3) is 0 Å². The molecule has 2 rings (SSSR count). The molecule has 0 bridgehead atoms. The van der Waals surface area contributed by atoms with E-state index in [1.807, 2.05) is 17.8 Å². The van der Waals surface area contributed by atoms with Crippen LogP contribution < -0.4 is 4.57 Å². The molecule has 22 heavy (non-hydrogen) atoms. The molecule has 0 radical (unpaired) electrons. The van der Waals surface area contributed by atoms with Crippen LogP contribution in [0.3, 0.4) is 0 Å². The van der Waals surface area contributed by atoms with Crippen LogP contribution in [0.15, 0.2) is 31.1 Å². The van der Waals surface area contributed by atoms with Crippen LogP contribution in [0.4, 0.5) is 0 Å². The third kappa shape index (κ3) is 8.11. The van der Waals surface area contributed by atoms with Gasteiger partial charge in [-0.1, -0.05) is 39.0 Å². The smallest absolute Gasteiger partial charge is 0.243 e. The third-order valence-corrected chi connectivity index (χ3v) is 3.92. The van der Waals surface area contributed by atoms with Crippen molar-refractivity contribution < 1.29 is 4.57 Å². The van der Waals surface area contributed by atoms with Crippen molar-refractivity contribution in [1.82, 2.24) is 14.4 Å². The second-order valence-corrected chi connectivity index (χ2v) is 6.19.